The lowest BCUT2D eigenvalue weighted by atomic mass is 9.96. The fraction of sp³-hybridized carbons (Fsp3) is 0.500. The summed E-state index contributed by atoms with van der Waals surface area (Å²) in [6.45, 7) is 2.07. The molecule has 1 atom stereocenters. The van der Waals surface area contributed by atoms with Gasteiger partial charge in [-0.1, -0.05) is 24.6 Å². The second-order valence-electron chi connectivity index (χ2n) is 4.59. The van der Waals surface area contributed by atoms with Crippen LogP contribution in [0, 0.1) is 5.92 Å². The van der Waals surface area contributed by atoms with E-state index in [0.717, 1.165) is 18.4 Å². The van der Waals surface area contributed by atoms with Crippen LogP contribution in [0.4, 0.5) is 0 Å². The minimum absolute atomic E-state index is 0.273. The molecule has 0 aliphatic carbocycles. The lowest BCUT2D eigenvalue weighted by molar-refractivity contribution is -0.118. The largest absolute Gasteiger partial charge is 0.493 e. The van der Waals surface area contributed by atoms with Crippen molar-refractivity contribution in [2.24, 2.45) is 11.7 Å². The highest BCUT2D eigenvalue weighted by atomic mass is 35.5. The zero-order chi connectivity index (χ0) is 14.4. The van der Waals surface area contributed by atoms with Gasteiger partial charge in [0.25, 0.3) is 0 Å². The molecule has 19 heavy (non-hydrogen) atoms. The van der Waals surface area contributed by atoms with Crippen LogP contribution < -0.4 is 15.2 Å². The van der Waals surface area contributed by atoms with Crippen LogP contribution in [0.15, 0.2) is 12.1 Å². The van der Waals surface area contributed by atoms with Gasteiger partial charge in [0.15, 0.2) is 11.5 Å². The van der Waals surface area contributed by atoms with Crippen LogP contribution >= 0.6 is 11.6 Å². The Balaban J connectivity index is 2.81. The summed E-state index contributed by atoms with van der Waals surface area (Å²) < 4.78 is 10.4. The quantitative estimate of drug-likeness (QED) is 0.838. The molecule has 106 valence electrons. The smallest absolute Gasteiger partial charge is 0.217 e. The number of primary amides is 1. The number of methoxy groups -OCH3 is 2. The molecule has 1 unspecified atom stereocenters. The number of rotatable bonds is 7. The van der Waals surface area contributed by atoms with E-state index in [2.05, 4.69) is 6.92 Å². The number of hydrogen-bond donors (Lipinski definition) is 1. The molecular weight excluding hydrogens is 266 g/mol. The summed E-state index contributed by atoms with van der Waals surface area (Å²) in [5.41, 5.74) is 6.13. The number of carbonyl (C=O) groups is 1. The molecule has 2 N–H and O–H groups in total. The molecule has 0 saturated heterocycles. The first-order chi connectivity index (χ1) is 8.99. The van der Waals surface area contributed by atoms with Gasteiger partial charge in [-0.3, -0.25) is 4.79 Å². The number of hydrogen-bond acceptors (Lipinski definition) is 3. The topological polar surface area (TPSA) is 61.5 Å². The van der Waals surface area contributed by atoms with Crippen molar-refractivity contribution >= 4 is 17.5 Å². The predicted octanol–water partition coefficient (Wildman–Crippen LogP) is 2.80. The maximum Gasteiger partial charge on any atom is 0.217 e. The van der Waals surface area contributed by atoms with E-state index in [9.17, 15) is 4.79 Å². The van der Waals surface area contributed by atoms with Gasteiger partial charge < -0.3 is 15.2 Å². The molecule has 1 aromatic carbocycles. The van der Waals surface area contributed by atoms with Crippen molar-refractivity contribution in [1.29, 1.82) is 0 Å². The van der Waals surface area contributed by atoms with Crippen molar-refractivity contribution in [2.45, 2.75) is 26.2 Å². The van der Waals surface area contributed by atoms with E-state index in [1.165, 1.54) is 0 Å². The molecule has 1 aromatic rings. The number of carbonyl (C=O) groups excluding carboxylic acids is 1. The Morgan fingerprint density at radius 3 is 2.58 bits per heavy atom. The molecule has 1 amide bonds. The first-order valence-corrected chi connectivity index (χ1v) is 6.55. The second kappa shape index (κ2) is 7.24. The number of halogens is 1. The van der Waals surface area contributed by atoms with Gasteiger partial charge >= 0.3 is 0 Å². The Bertz CT molecular complexity index is 449. The van der Waals surface area contributed by atoms with E-state index in [-0.39, 0.29) is 5.91 Å². The molecule has 0 aliphatic heterocycles. The summed E-state index contributed by atoms with van der Waals surface area (Å²) in [6.07, 6.45) is 1.92. The van der Waals surface area contributed by atoms with Gasteiger partial charge in [-0.05, 0) is 30.4 Å². The Morgan fingerprint density at radius 1 is 1.37 bits per heavy atom. The number of ether oxygens (including phenoxy) is 2. The summed E-state index contributed by atoms with van der Waals surface area (Å²) in [4.78, 5) is 10.8. The predicted molar refractivity (Wildman–Crippen MR) is 75.9 cm³/mol. The van der Waals surface area contributed by atoms with Crippen molar-refractivity contribution in [3.63, 3.8) is 0 Å². The lowest BCUT2D eigenvalue weighted by Crippen LogP contribution is -2.12. The van der Waals surface area contributed by atoms with E-state index in [0.29, 0.717) is 28.9 Å². The van der Waals surface area contributed by atoms with Gasteiger partial charge in [0.1, 0.15) is 0 Å². The van der Waals surface area contributed by atoms with E-state index >= 15 is 0 Å². The lowest BCUT2D eigenvalue weighted by Gasteiger charge is -2.15. The van der Waals surface area contributed by atoms with Crippen LogP contribution in [0.1, 0.15) is 25.3 Å². The first kappa shape index (κ1) is 15.6. The molecule has 0 radical (unpaired) electrons. The molecule has 0 aromatic heterocycles. The molecule has 4 nitrogen and oxygen atoms in total. The SMILES string of the molecule is COc1ccc(CC(C)CCC(N)=O)c(Cl)c1OC. The van der Waals surface area contributed by atoms with Crippen LogP contribution in [0.2, 0.25) is 5.02 Å². The molecule has 0 aliphatic rings. The van der Waals surface area contributed by atoms with Gasteiger partial charge in [-0.2, -0.15) is 0 Å². The van der Waals surface area contributed by atoms with E-state index in [4.69, 9.17) is 26.8 Å². The normalized spacial score (nSPS) is 12.0. The molecule has 0 fully saturated rings. The Morgan fingerprint density at radius 2 is 2.05 bits per heavy atom. The molecule has 0 heterocycles. The third-order valence-corrected chi connectivity index (χ3v) is 3.43. The Labute approximate surface area is 118 Å². The maximum absolute atomic E-state index is 10.8. The van der Waals surface area contributed by atoms with Gasteiger partial charge in [-0.15, -0.1) is 0 Å². The average Bonchev–Trinajstić information content (AvgIpc) is 2.38. The highest BCUT2D eigenvalue weighted by molar-refractivity contribution is 6.33. The fourth-order valence-electron chi connectivity index (χ4n) is 1.95. The summed E-state index contributed by atoms with van der Waals surface area (Å²) in [7, 11) is 3.13. The number of amides is 1. The summed E-state index contributed by atoms with van der Waals surface area (Å²) >= 11 is 6.30. The first-order valence-electron chi connectivity index (χ1n) is 6.17. The third-order valence-electron chi connectivity index (χ3n) is 3.02. The van der Waals surface area contributed by atoms with E-state index < -0.39 is 0 Å². The van der Waals surface area contributed by atoms with Gasteiger partial charge in [0, 0.05) is 6.42 Å². The second-order valence-corrected chi connectivity index (χ2v) is 4.97. The van der Waals surface area contributed by atoms with Crippen molar-refractivity contribution in [1.82, 2.24) is 0 Å². The molecule has 5 heteroatoms. The zero-order valence-electron chi connectivity index (χ0n) is 11.5. The summed E-state index contributed by atoms with van der Waals surface area (Å²) in [6, 6.07) is 3.76. The minimum Gasteiger partial charge on any atom is -0.493 e. The molecule has 1 rings (SSSR count). The Hall–Kier alpha value is -1.42. The number of nitrogens with two attached hydrogens (primary N) is 1. The van der Waals surface area contributed by atoms with Gasteiger partial charge in [0.2, 0.25) is 5.91 Å². The van der Waals surface area contributed by atoms with Crippen LogP contribution in [0.3, 0.4) is 0 Å². The molecule has 0 spiro atoms. The van der Waals surface area contributed by atoms with Crippen LogP contribution in [-0.2, 0) is 11.2 Å². The van der Waals surface area contributed by atoms with Crippen molar-refractivity contribution in [3.05, 3.63) is 22.7 Å². The summed E-state index contributed by atoms with van der Waals surface area (Å²) in [5.74, 6) is 1.21. The monoisotopic (exact) mass is 285 g/mol. The third kappa shape index (κ3) is 4.31. The van der Waals surface area contributed by atoms with Crippen molar-refractivity contribution < 1.29 is 14.3 Å². The number of benzene rings is 1. The van der Waals surface area contributed by atoms with Gasteiger partial charge in [-0.25, -0.2) is 0 Å². The van der Waals surface area contributed by atoms with Crippen LogP contribution in [-0.4, -0.2) is 20.1 Å². The Kier molecular flexibility index (Phi) is 5.96. The minimum atomic E-state index is -0.273. The van der Waals surface area contributed by atoms with Crippen LogP contribution in [0.25, 0.3) is 0 Å². The van der Waals surface area contributed by atoms with Crippen LogP contribution in [0.5, 0.6) is 11.5 Å². The van der Waals surface area contributed by atoms with Gasteiger partial charge in [0.05, 0.1) is 19.2 Å². The van der Waals surface area contributed by atoms with E-state index in [1.54, 1.807) is 14.2 Å². The highest BCUT2D eigenvalue weighted by Gasteiger charge is 2.15. The highest BCUT2D eigenvalue weighted by Crippen LogP contribution is 2.38. The van der Waals surface area contributed by atoms with Crippen molar-refractivity contribution in [2.75, 3.05) is 14.2 Å². The van der Waals surface area contributed by atoms with E-state index in [1.807, 2.05) is 12.1 Å². The molecular formula is C14H20ClNO3. The van der Waals surface area contributed by atoms with Crippen molar-refractivity contribution in [3.8, 4) is 11.5 Å². The maximum atomic E-state index is 10.8. The molecule has 0 saturated carbocycles. The summed E-state index contributed by atoms with van der Waals surface area (Å²) in [5, 5.41) is 0.563. The average molecular weight is 286 g/mol. The standard InChI is InChI=1S/C14H20ClNO3/c1-9(4-7-12(16)17)8-10-5-6-11(18-2)14(19-3)13(10)15/h5-6,9H,4,7-8H2,1-3H3,(H2,16,17). The molecule has 0 bridgehead atoms. The zero-order valence-corrected chi connectivity index (χ0v) is 12.3. The fourth-order valence-corrected chi connectivity index (χ4v) is 2.26.